The molecule has 1 aliphatic carbocycles. The zero-order valence-corrected chi connectivity index (χ0v) is 15.8. The van der Waals surface area contributed by atoms with Crippen molar-refractivity contribution in [1.82, 2.24) is 14.8 Å². The van der Waals surface area contributed by atoms with Gasteiger partial charge in [-0.05, 0) is 37.1 Å². The van der Waals surface area contributed by atoms with Crippen LogP contribution in [0.25, 0.3) is 11.1 Å². The van der Waals surface area contributed by atoms with E-state index in [0.717, 1.165) is 18.5 Å². The van der Waals surface area contributed by atoms with Gasteiger partial charge in [0.2, 0.25) is 5.88 Å². The van der Waals surface area contributed by atoms with Gasteiger partial charge in [0, 0.05) is 36.4 Å². The fourth-order valence-electron chi connectivity index (χ4n) is 3.05. The highest BCUT2D eigenvalue weighted by Crippen LogP contribution is 2.41. The van der Waals surface area contributed by atoms with Crippen LogP contribution in [0, 0.1) is 11.3 Å². The Kier molecular flexibility index (Phi) is 4.76. The van der Waals surface area contributed by atoms with E-state index in [-0.39, 0.29) is 5.69 Å². The lowest BCUT2D eigenvalue weighted by Gasteiger charge is -2.15. The molecule has 1 aliphatic rings. The zero-order chi connectivity index (χ0) is 20.6. The van der Waals surface area contributed by atoms with Crippen LogP contribution in [0.15, 0.2) is 42.6 Å². The number of hydrogen-bond acceptors (Lipinski definition) is 5. The number of nitrogens with two attached hydrogens (primary N) is 1. The Morgan fingerprint density at radius 2 is 2.07 bits per heavy atom. The van der Waals surface area contributed by atoms with Crippen LogP contribution >= 0.6 is 0 Å². The molecule has 4 rings (SSSR count). The number of ether oxygens (including phenoxy) is 1. The maximum atomic E-state index is 13.7. The predicted molar refractivity (Wildman–Crippen MR) is 103 cm³/mol. The van der Waals surface area contributed by atoms with Crippen LogP contribution < -0.4 is 10.5 Å². The first-order valence-electron chi connectivity index (χ1n) is 9.22. The average molecular weight is 395 g/mol. The van der Waals surface area contributed by atoms with Crippen molar-refractivity contribution in [1.29, 1.82) is 5.26 Å². The van der Waals surface area contributed by atoms with Gasteiger partial charge < -0.3 is 10.5 Å². The van der Waals surface area contributed by atoms with Crippen LogP contribution in [0.1, 0.15) is 35.7 Å². The summed E-state index contributed by atoms with van der Waals surface area (Å²) in [5, 5.41) is 13.7. The molecule has 0 aliphatic heterocycles. The first-order chi connectivity index (χ1) is 13.9. The van der Waals surface area contributed by atoms with Gasteiger partial charge in [0.05, 0.1) is 23.9 Å². The van der Waals surface area contributed by atoms with Crippen LogP contribution in [0.4, 0.5) is 8.78 Å². The molecular formula is C21H19F2N5O. The molecule has 0 radical (unpaired) electrons. The van der Waals surface area contributed by atoms with E-state index in [2.05, 4.69) is 16.2 Å². The second kappa shape index (κ2) is 7.26. The average Bonchev–Trinajstić information content (AvgIpc) is 3.52. The molecule has 148 valence electrons. The summed E-state index contributed by atoms with van der Waals surface area (Å²) in [4.78, 5) is 3.87. The van der Waals surface area contributed by atoms with Crippen molar-refractivity contribution in [3.05, 3.63) is 59.5 Å². The number of aryl methyl sites for hydroxylation is 1. The standard InChI is InChI=1S/C21H19F2N5O/c1-28-20(9-17(27-28)14-3-4-14)29-18-8-13(10-24)2-6-16(18)15-5-7-19(26-11-15)21(22,23)12-25/h2,5-9,11,14H,3-4,12,25H2,1H3. The summed E-state index contributed by atoms with van der Waals surface area (Å²) >= 11 is 0. The quantitative estimate of drug-likeness (QED) is 0.679. The van der Waals surface area contributed by atoms with Crippen molar-refractivity contribution in [2.75, 3.05) is 6.54 Å². The van der Waals surface area contributed by atoms with E-state index in [0.29, 0.717) is 34.2 Å². The summed E-state index contributed by atoms with van der Waals surface area (Å²) in [5.41, 5.74) is 7.36. The van der Waals surface area contributed by atoms with Crippen molar-refractivity contribution >= 4 is 0 Å². The Balaban J connectivity index is 1.70. The number of rotatable bonds is 6. The summed E-state index contributed by atoms with van der Waals surface area (Å²) in [5.74, 6) is -1.74. The number of aromatic nitrogens is 3. The molecule has 1 fully saturated rings. The third-order valence-corrected chi connectivity index (χ3v) is 4.88. The Morgan fingerprint density at radius 1 is 1.28 bits per heavy atom. The predicted octanol–water partition coefficient (Wildman–Crippen LogP) is 4.07. The number of benzene rings is 1. The van der Waals surface area contributed by atoms with Crippen LogP contribution in [-0.4, -0.2) is 21.3 Å². The van der Waals surface area contributed by atoms with Gasteiger partial charge in [-0.15, -0.1) is 0 Å². The molecule has 0 atom stereocenters. The zero-order valence-electron chi connectivity index (χ0n) is 15.8. The first kappa shape index (κ1) is 19.0. The van der Waals surface area contributed by atoms with Crippen LogP contribution in [-0.2, 0) is 13.0 Å². The number of nitrogens with zero attached hydrogens (tertiary/aromatic N) is 4. The van der Waals surface area contributed by atoms with Gasteiger partial charge in [0.25, 0.3) is 0 Å². The van der Waals surface area contributed by atoms with Gasteiger partial charge in [0.15, 0.2) is 0 Å². The monoisotopic (exact) mass is 395 g/mol. The van der Waals surface area contributed by atoms with Gasteiger partial charge in [-0.25, -0.2) is 4.68 Å². The fraction of sp³-hybridized carbons (Fsp3) is 0.286. The van der Waals surface area contributed by atoms with Crippen molar-refractivity contribution < 1.29 is 13.5 Å². The van der Waals surface area contributed by atoms with Crippen LogP contribution in [0.5, 0.6) is 11.6 Å². The van der Waals surface area contributed by atoms with Crippen LogP contribution in [0.3, 0.4) is 0 Å². The van der Waals surface area contributed by atoms with Gasteiger partial charge in [-0.1, -0.05) is 6.07 Å². The third kappa shape index (κ3) is 3.82. The summed E-state index contributed by atoms with van der Waals surface area (Å²) in [6.45, 7) is -0.811. The maximum Gasteiger partial charge on any atom is 0.301 e. The summed E-state index contributed by atoms with van der Waals surface area (Å²) in [6, 6.07) is 11.7. The highest BCUT2D eigenvalue weighted by Gasteiger charge is 2.31. The molecule has 2 N–H and O–H groups in total. The van der Waals surface area contributed by atoms with Crippen molar-refractivity contribution in [2.45, 2.75) is 24.7 Å². The Labute approximate surface area is 166 Å². The molecule has 1 saturated carbocycles. The van der Waals surface area contributed by atoms with E-state index in [1.54, 1.807) is 36.0 Å². The molecule has 0 unspecified atom stereocenters. The minimum atomic E-state index is -3.18. The normalized spacial score (nSPS) is 13.9. The summed E-state index contributed by atoms with van der Waals surface area (Å²) in [7, 11) is 1.79. The number of pyridine rings is 1. The largest absolute Gasteiger partial charge is 0.439 e. The number of nitriles is 1. The van der Waals surface area contributed by atoms with Gasteiger partial charge in [0.1, 0.15) is 11.4 Å². The topological polar surface area (TPSA) is 89.8 Å². The third-order valence-electron chi connectivity index (χ3n) is 4.88. The molecule has 3 aromatic rings. The molecule has 1 aromatic carbocycles. The van der Waals surface area contributed by atoms with E-state index >= 15 is 0 Å². The van der Waals surface area contributed by atoms with Crippen molar-refractivity contribution in [3.8, 4) is 28.8 Å². The van der Waals surface area contributed by atoms with Gasteiger partial charge in [-0.2, -0.15) is 19.1 Å². The molecule has 0 spiro atoms. The fourth-order valence-corrected chi connectivity index (χ4v) is 3.05. The Hall–Kier alpha value is -3.31. The Morgan fingerprint density at radius 3 is 2.69 bits per heavy atom. The molecule has 0 saturated heterocycles. The molecular weight excluding hydrogens is 376 g/mol. The molecule has 29 heavy (non-hydrogen) atoms. The summed E-state index contributed by atoms with van der Waals surface area (Å²) < 4.78 is 35.2. The molecule has 6 nitrogen and oxygen atoms in total. The van der Waals surface area contributed by atoms with Gasteiger partial charge >= 0.3 is 5.92 Å². The van der Waals surface area contributed by atoms with Crippen molar-refractivity contribution in [3.63, 3.8) is 0 Å². The molecule has 0 amide bonds. The Bertz CT molecular complexity index is 1080. The van der Waals surface area contributed by atoms with E-state index in [1.807, 2.05) is 6.07 Å². The van der Waals surface area contributed by atoms with E-state index in [9.17, 15) is 14.0 Å². The van der Waals surface area contributed by atoms with E-state index in [1.165, 1.54) is 12.3 Å². The van der Waals surface area contributed by atoms with Crippen LogP contribution in [0.2, 0.25) is 0 Å². The summed E-state index contributed by atoms with van der Waals surface area (Å²) in [6.07, 6.45) is 3.60. The SMILES string of the molecule is Cn1nc(C2CC2)cc1Oc1cc(C#N)ccc1-c1ccc(C(F)(F)CN)nc1. The lowest BCUT2D eigenvalue weighted by Crippen LogP contribution is -2.26. The van der Waals surface area contributed by atoms with E-state index < -0.39 is 12.5 Å². The maximum absolute atomic E-state index is 13.7. The lowest BCUT2D eigenvalue weighted by atomic mass is 10.0. The molecule has 2 aromatic heterocycles. The highest BCUT2D eigenvalue weighted by molar-refractivity contribution is 5.71. The first-order valence-corrected chi connectivity index (χ1v) is 9.22. The second-order valence-electron chi connectivity index (χ2n) is 7.07. The highest BCUT2D eigenvalue weighted by atomic mass is 19.3. The molecule has 8 heteroatoms. The minimum Gasteiger partial charge on any atom is -0.439 e. The smallest absolute Gasteiger partial charge is 0.301 e. The van der Waals surface area contributed by atoms with Crippen molar-refractivity contribution in [2.24, 2.45) is 12.8 Å². The number of halogens is 2. The molecule has 0 bridgehead atoms. The van der Waals surface area contributed by atoms with Gasteiger partial charge in [-0.3, -0.25) is 4.98 Å². The number of alkyl halides is 2. The second-order valence-corrected chi connectivity index (χ2v) is 7.07. The number of hydrogen-bond donors (Lipinski definition) is 1. The molecule has 2 heterocycles. The lowest BCUT2D eigenvalue weighted by molar-refractivity contribution is 0.00141. The minimum absolute atomic E-state index is 0.388. The van der Waals surface area contributed by atoms with E-state index in [4.69, 9.17) is 10.5 Å².